The molecule has 1 amide bonds. The van der Waals surface area contributed by atoms with Crippen molar-refractivity contribution in [3.63, 3.8) is 0 Å². The maximum absolute atomic E-state index is 12.6. The first-order valence-corrected chi connectivity index (χ1v) is 11.2. The van der Waals surface area contributed by atoms with Gasteiger partial charge in [0.2, 0.25) is 11.0 Å². The Bertz CT molecular complexity index is 823. The molecule has 1 aliphatic rings. The van der Waals surface area contributed by atoms with E-state index in [9.17, 15) is 10.1 Å². The van der Waals surface area contributed by atoms with Gasteiger partial charge in [0.25, 0.3) is 0 Å². The number of thioether (sulfide) groups is 1. The summed E-state index contributed by atoms with van der Waals surface area (Å²) in [6.45, 7) is 4.63. The smallest absolute Gasteiger partial charge is 0.238 e. The van der Waals surface area contributed by atoms with Gasteiger partial charge in [-0.3, -0.25) is 4.79 Å². The minimum Gasteiger partial charge on any atom is -0.360 e. The van der Waals surface area contributed by atoms with E-state index in [1.165, 1.54) is 34.4 Å². The van der Waals surface area contributed by atoms with E-state index in [-0.39, 0.29) is 11.2 Å². The van der Waals surface area contributed by atoms with E-state index in [0.717, 1.165) is 47.3 Å². The molecular weight excluding hydrogens is 386 g/mol. The van der Waals surface area contributed by atoms with Gasteiger partial charge in [0.1, 0.15) is 11.1 Å². The fourth-order valence-corrected chi connectivity index (χ4v) is 6.05. The number of rotatable bonds is 6. The lowest BCUT2D eigenvalue weighted by Crippen LogP contribution is -2.22. The quantitative estimate of drug-likeness (QED) is 0.548. The van der Waals surface area contributed by atoms with Crippen molar-refractivity contribution >= 4 is 50.5 Å². The Labute approximate surface area is 165 Å². The number of thiophene rings is 1. The van der Waals surface area contributed by atoms with E-state index in [1.807, 2.05) is 13.8 Å². The zero-order chi connectivity index (χ0) is 18.5. The van der Waals surface area contributed by atoms with Gasteiger partial charge in [0, 0.05) is 11.4 Å². The molecule has 1 aliphatic carbocycles. The summed E-state index contributed by atoms with van der Waals surface area (Å²) in [4.78, 5) is 13.9. The number of amides is 1. The predicted molar refractivity (Wildman–Crippen MR) is 108 cm³/mol. The number of aryl methyl sites for hydroxylation is 1. The Kier molecular flexibility index (Phi) is 6.51. The van der Waals surface area contributed by atoms with E-state index >= 15 is 0 Å². The van der Waals surface area contributed by atoms with Gasteiger partial charge in [0.15, 0.2) is 4.34 Å². The van der Waals surface area contributed by atoms with Crippen molar-refractivity contribution in [2.75, 3.05) is 17.2 Å². The average Bonchev–Trinajstić information content (AvgIpc) is 3.11. The average molecular weight is 408 g/mol. The second-order valence-electron chi connectivity index (χ2n) is 6.03. The van der Waals surface area contributed by atoms with Crippen LogP contribution in [0.2, 0.25) is 0 Å². The van der Waals surface area contributed by atoms with Crippen LogP contribution in [0.1, 0.15) is 49.1 Å². The number of hydrogen-bond acceptors (Lipinski definition) is 8. The van der Waals surface area contributed by atoms with Crippen LogP contribution in [0.25, 0.3) is 0 Å². The van der Waals surface area contributed by atoms with Crippen molar-refractivity contribution < 1.29 is 4.79 Å². The van der Waals surface area contributed by atoms with Gasteiger partial charge in [-0.15, -0.1) is 21.5 Å². The van der Waals surface area contributed by atoms with E-state index in [1.54, 1.807) is 11.3 Å². The Balaban J connectivity index is 1.68. The van der Waals surface area contributed by atoms with Crippen LogP contribution >= 0.6 is 34.4 Å². The number of carbonyl (C=O) groups is 1. The molecule has 0 saturated carbocycles. The van der Waals surface area contributed by atoms with Crippen LogP contribution < -0.4 is 10.6 Å². The number of fused-ring (bicyclic) bond motifs is 1. The molecule has 9 heteroatoms. The molecule has 2 heterocycles. The van der Waals surface area contributed by atoms with Crippen LogP contribution in [0.5, 0.6) is 0 Å². The highest BCUT2D eigenvalue weighted by Crippen LogP contribution is 2.37. The zero-order valence-electron chi connectivity index (χ0n) is 14.8. The van der Waals surface area contributed by atoms with Gasteiger partial charge < -0.3 is 10.6 Å². The molecule has 0 aliphatic heterocycles. The highest BCUT2D eigenvalue weighted by molar-refractivity contribution is 8.02. The normalized spacial score (nSPS) is 14.8. The minimum absolute atomic E-state index is 0.108. The SMILES string of the molecule is CCNc1nnc(S[C@@H](C)C(=O)Nc2sc3c(c2C#N)CCCCC3)s1. The fourth-order valence-electron chi connectivity index (χ4n) is 2.85. The Morgan fingerprint density at radius 3 is 2.88 bits per heavy atom. The van der Waals surface area contributed by atoms with Crippen molar-refractivity contribution in [3.05, 3.63) is 16.0 Å². The third kappa shape index (κ3) is 4.37. The molecule has 1 atom stereocenters. The molecule has 0 spiro atoms. The van der Waals surface area contributed by atoms with Gasteiger partial charge in [0.05, 0.1) is 10.8 Å². The number of nitrogens with one attached hydrogen (secondary N) is 2. The lowest BCUT2D eigenvalue weighted by atomic mass is 10.1. The van der Waals surface area contributed by atoms with Crippen LogP contribution in [-0.4, -0.2) is 27.9 Å². The summed E-state index contributed by atoms with van der Waals surface area (Å²) in [6, 6.07) is 2.30. The molecule has 0 unspecified atom stereocenters. The number of anilines is 2. The molecule has 0 fully saturated rings. The molecule has 2 N–H and O–H groups in total. The second kappa shape index (κ2) is 8.84. The number of carbonyl (C=O) groups excluding carboxylic acids is 1. The van der Waals surface area contributed by atoms with E-state index in [2.05, 4.69) is 26.9 Å². The number of hydrogen-bond donors (Lipinski definition) is 2. The van der Waals surface area contributed by atoms with Gasteiger partial charge in [-0.1, -0.05) is 29.5 Å². The third-order valence-electron chi connectivity index (χ3n) is 4.15. The molecule has 2 aromatic heterocycles. The van der Waals surface area contributed by atoms with Crippen molar-refractivity contribution in [3.8, 4) is 6.07 Å². The summed E-state index contributed by atoms with van der Waals surface area (Å²) in [5, 5.41) is 24.9. The monoisotopic (exact) mass is 407 g/mol. The first kappa shape index (κ1) is 19.1. The number of nitrogens with zero attached hydrogens (tertiary/aromatic N) is 3. The molecule has 0 bridgehead atoms. The molecule has 0 aromatic carbocycles. The second-order valence-corrected chi connectivity index (χ2v) is 9.70. The molecule has 3 rings (SSSR count). The van der Waals surface area contributed by atoms with Crippen molar-refractivity contribution in [2.45, 2.75) is 55.5 Å². The van der Waals surface area contributed by atoms with Crippen LogP contribution in [0.15, 0.2) is 4.34 Å². The Hall–Kier alpha value is -1.63. The van der Waals surface area contributed by atoms with Crippen molar-refractivity contribution in [1.29, 1.82) is 5.26 Å². The molecule has 0 radical (unpaired) electrons. The standard InChI is InChI=1S/C17H21N5OS3/c1-3-19-16-21-22-17(26-16)24-10(2)14(23)20-15-12(9-18)11-7-5-4-6-8-13(11)25-15/h10H,3-8H2,1-2H3,(H,19,21)(H,20,23)/t10-/m0/s1. The largest absolute Gasteiger partial charge is 0.360 e. The fraction of sp³-hybridized carbons (Fsp3) is 0.529. The lowest BCUT2D eigenvalue weighted by Gasteiger charge is -2.09. The molecule has 2 aromatic rings. The maximum atomic E-state index is 12.6. The summed E-state index contributed by atoms with van der Waals surface area (Å²) in [5.41, 5.74) is 1.80. The zero-order valence-corrected chi connectivity index (χ0v) is 17.2. The first-order valence-electron chi connectivity index (χ1n) is 8.72. The van der Waals surface area contributed by atoms with E-state index in [0.29, 0.717) is 10.6 Å². The highest BCUT2D eigenvalue weighted by atomic mass is 32.2. The van der Waals surface area contributed by atoms with Crippen LogP contribution in [0, 0.1) is 11.3 Å². The molecule has 26 heavy (non-hydrogen) atoms. The predicted octanol–water partition coefficient (Wildman–Crippen LogP) is 4.29. The van der Waals surface area contributed by atoms with Gasteiger partial charge in [-0.25, -0.2) is 0 Å². The molecule has 138 valence electrons. The van der Waals surface area contributed by atoms with Gasteiger partial charge in [-0.05, 0) is 45.1 Å². The minimum atomic E-state index is -0.314. The molecule has 6 nitrogen and oxygen atoms in total. The topological polar surface area (TPSA) is 90.7 Å². The van der Waals surface area contributed by atoms with Gasteiger partial charge in [-0.2, -0.15) is 5.26 Å². The molecule has 0 saturated heterocycles. The first-order chi connectivity index (χ1) is 12.6. The van der Waals surface area contributed by atoms with Gasteiger partial charge >= 0.3 is 0 Å². The van der Waals surface area contributed by atoms with E-state index in [4.69, 9.17) is 0 Å². The lowest BCUT2D eigenvalue weighted by molar-refractivity contribution is -0.115. The van der Waals surface area contributed by atoms with E-state index < -0.39 is 0 Å². The summed E-state index contributed by atoms with van der Waals surface area (Å²) in [7, 11) is 0. The Morgan fingerprint density at radius 2 is 2.12 bits per heavy atom. The summed E-state index contributed by atoms with van der Waals surface area (Å²) in [6.07, 6.45) is 5.42. The summed E-state index contributed by atoms with van der Waals surface area (Å²) < 4.78 is 0.756. The Morgan fingerprint density at radius 1 is 1.31 bits per heavy atom. The maximum Gasteiger partial charge on any atom is 0.238 e. The summed E-state index contributed by atoms with van der Waals surface area (Å²) >= 11 is 4.39. The van der Waals surface area contributed by atoms with Crippen LogP contribution in [-0.2, 0) is 17.6 Å². The van der Waals surface area contributed by atoms with Crippen molar-refractivity contribution in [2.24, 2.45) is 0 Å². The summed E-state index contributed by atoms with van der Waals surface area (Å²) in [5.74, 6) is -0.108. The molecular formula is C17H21N5OS3. The highest BCUT2D eigenvalue weighted by Gasteiger charge is 2.23. The van der Waals surface area contributed by atoms with Crippen LogP contribution in [0.4, 0.5) is 10.1 Å². The number of aromatic nitrogens is 2. The van der Waals surface area contributed by atoms with Crippen molar-refractivity contribution in [1.82, 2.24) is 10.2 Å². The van der Waals surface area contributed by atoms with Crippen LogP contribution in [0.3, 0.4) is 0 Å². The third-order valence-corrected chi connectivity index (χ3v) is 7.42. The number of nitriles is 1.